The summed E-state index contributed by atoms with van der Waals surface area (Å²) in [4.78, 5) is 0. The quantitative estimate of drug-likeness (QED) is 0.646. The first kappa shape index (κ1) is 8.16. The molecule has 5 unspecified atom stereocenters. The third kappa shape index (κ3) is 0.940. The molecular weight excluding hydrogens is 174 g/mol. The van der Waals surface area contributed by atoms with Crippen LogP contribution >= 0.6 is 0 Å². The summed E-state index contributed by atoms with van der Waals surface area (Å²) in [7, 11) is 0. The van der Waals surface area contributed by atoms with Crippen molar-refractivity contribution in [2.24, 2.45) is 23.7 Å². The zero-order chi connectivity index (χ0) is 9.38. The molecule has 13 heavy (non-hydrogen) atoms. The Morgan fingerprint density at radius 3 is 2.08 bits per heavy atom. The van der Waals surface area contributed by atoms with E-state index in [0.29, 0.717) is 11.8 Å². The maximum atomic E-state index is 12.8. The van der Waals surface area contributed by atoms with Crippen molar-refractivity contribution in [3.05, 3.63) is 0 Å². The monoisotopic (exact) mass is 188 g/mol. The summed E-state index contributed by atoms with van der Waals surface area (Å²) in [5, 5.41) is 0. The van der Waals surface area contributed by atoms with Crippen LogP contribution in [0.5, 0.6) is 0 Å². The lowest BCUT2D eigenvalue weighted by Gasteiger charge is -2.22. The molecule has 3 aliphatic rings. The molecule has 0 radical (unpaired) electrons. The highest BCUT2D eigenvalue weighted by Gasteiger charge is 2.75. The highest BCUT2D eigenvalue weighted by molar-refractivity contribution is 5.18. The molecule has 1 nitrogen and oxygen atoms in total. The van der Waals surface area contributed by atoms with Crippen LogP contribution in [0, 0.1) is 23.7 Å². The van der Waals surface area contributed by atoms with E-state index in [0.717, 1.165) is 0 Å². The molecule has 3 aliphatic carbocycles. The predicted octanol–water partition coefficient (Wildman–Crippen LogP) is 2.31. The number of ether oxygens (including phenoxy) is 1. The van der Waals surface area contributed by atoms with Gasteiger partial charge in [0.1, 0.15) is 0 Å². The van der Waals surface area contributed by atoms with Crippen molar-refractivity contribution in [3.8, 4) is 0 Å². The first-order chi connectivity index (χ1) is 6.02. The number of hydrogen-bond acceptors (Lipinski definition) is 1. The molecule has 3 rings (SSSR count). The Morgan fingerprint density at radius 1 is 1.15 bits per heavy atom. The van der Waals surface area contributed by atoms with Crippen molar-refractivity contribution < 1.29 is 13.5 Å². The average Bonchev–Trinajstić information content (AvgIpc) is 2.81. The van der Waals surface area contributed by atoms with E-state index in [2.05, 4.69) is 13.8 Å². The molecule has 0 spiro atoms. The van der Waals surface area contributed by atoms with Crippen LogP contribution < -0.4 is 0 Å². The number of alkyl halides is 2. The van der Waals surface area contributed by atoms with Crippen LogP contribution in [-0.2, 0) is 4.74 Å². The fraction of sp³-hybridized carbons (Fsp3) is 1.00. The van der Waals surface area contributed by atoms with Crippen LogP contribution in [0.3, 0.4) is 0 Å². The van der Waals surface area contributed by atoms with Gasteiger partial charge in [0.25, 0.3) is 5.92 Å². The zero-order valence-electron chi connectivity index (χ0n) is 7.84. The number of halogens is 2. The van der Waals surface area contributed by atoms with E-state index in [-0.39, 0.29) is 24.5 Å². The van der Waals surface area contributed by atoms with Crippen LogP contribution in [0.4, 0.5) is 8.78 Å². The molecule has 74 valence electrons. The van der Waals surface area contributed by atoms with E-state index >= 15 is 0 Å². The van der Waals surface area contributed by atoms with E-state index in [1.54, 1.807) is 0 Å². The van der Waals surface area contributed by atoms with Gasteiger partial charge in [0.05, 0.1) is 18.1 Å². The van der Waals surface area contributed by atoms with E-state index in [9.17, 15) is 8.78 Å². The number of fused-ring (bicyclic) bond motifs is 1. The second-order valence-electron chi connectivity index (χ2n) is 4.94. The summed E-state index contributed by atoms with van der Waals surface area (Å²) in [5.41, 5.74) is 0. The highest BCUT2D eigenvalue weighted by atomic mass is 19.3. The second kappa shape index (κ2) is 2.08. The molecule has 0 bridgehead atoms. The highest BCUT2D eigenvalue weighted by Crippen LogP contribution is 2.67. The van der Waals surface area contributed by atoms with Crippen LogP contribution in [0.2, 0.25) is 0 Å². The smallest absolute Gasteiger partial charge is 0.254 e. The standard InChI is InChI=1S/C10H14F2O/c1-4-5(2)8(4)13-9-6-3-10(11,12)7(6)9/h4-9H,3H2,1-2H3/t4-,5?,6?,7?,8?,9?/m1/s1. The van der Waals surface area contributed by atoms with Gasteiger partial charge in [0.15, 0.2) is 0 Å². The molecule has 0 heterocycles. The van der Waals surface area contributed by atoms with E-state index < -0.39 is 11.8 Å². The van der Waals surface area contributed by atoms with Gasteiger partial charge in [-0.2, -0.15) is 0 Å². The Morgan fingerprint density at radius 2 is 1.77 bits per heavy atom. The predicted molar refractivity (Wildman–Crippen MR) is 43.5 cm³/mol. The molecule has 6 atom stereocenters. The summed E-state index contributed by atoms with van der Waals surface area (Å²) in [6.45, 7) is 4.25. The molecule has 3 saturated carbocycles. The molecule has 0 aliphatic heterocycles. The summed E-state index contributed by atoms with van der Waals surface area (Å²) in [6, 6.07) is 0. The fourth-order valence-electron chi connectivity index (χ4n) is 2.66. The van der Waals surface area contributed by atoms with Gasteiger partial charge < -0.3 is 4.74 Å². The van der Waals surface area contributed by atoms with Crippen LogP contribution in [0.15, 0.2) is 0 Å². The molecular formula is C10H14F2O. The Labute approximate surface area is 76.5 Å². The van der Waals surface area contributed by atoms with Gasteiger partial charge >= 0.3 is 0 Å². The van der Waals surface area contributed by atoms with Gasteiger partial charge in [0.2, 0.25) is 0 Å². The molecule has 0 aromatic rings. The van der Waals surface area contributed by atoms with Gasteiger partial charge in [0, 0.05) is 12.3 Å². The largest absolute Gasteiger partial charge is 0.374 e. The van der Waals surface area contributed by atoms with Crippen molar-refractivity contribution in [1.82, 2.24) is 0 Å². The van der Waals surface area contributed by atoms with Crippen molar-refractivity contribution >= 4 is 0 Å². The Bertz CT molecular complexity index is 245. The fourth-order valence-corrected chi connectivity index (χ4v) is 2.66. The first-order valence-corrected chi connectivity index (χ1v) is 5.05. The van der Waals surface area contributed by atoms with E-state index in [1.165, 1.54) is 0 Å². The summed E-state index contributed by atoms with van der Waals surface area (Å²) < 4.78 is 31.3. The molecule has 0 aromatic heterocycles. The zero-order valence-corrected chi connectivity index (χ0v) is 7.84. The Balaban J connectivity index is 1.56. The Kier molecular flexibility index (Phi) is 1.30. The summed E-state index contributed by atoms with van der Waals surface area (Å²) >= 11 is 0. The average molecular weight is 188 g/mol. The van der Waals surface area contributed by atoms with Crippen molar-refractivity contribution in [2.75, 3.05) is 0 Å². The third-order valence-corrected chi connectivity index (χ3v) is 4.13. The van der Waals surface area contributed by atoms with Crippen LogP contribution in [-0.4, -0.2) is 18.1 Å². The number of hydrogen-bond donors (Lipinski definition) is 0. The van der Waals surface area contributed by atoms with Gasteiger partial charge in [-0.05, 0) is 11.8 Å². The maximum absolute atomic E-state index is 12.8. The molecule has 0 amide bonds. The molecule has 3 fully saturated rings. The first-order valence-electron chi connectivity index (χ1n) is 5.05. The van der Waals surface area contributed by atoms with Crippen molar-refractivity contribution in [2.45, 2.75) is 38.4 Å². The van der Waals surface area contributed by atoms with Gasteiger partial charge in [-0.3, -0.25) is 0 Å². The SMILES string of the molecule is CC1C(OC2C3CC(F)(F)C32)[C@@H]1C. The van der Waals surface area contributed by atoms with Crippen LogP contribution in [0.25, 0.3) is 0 Å². The Hall–Kier alpha value is -0.180. The maximum Gasteiger partial charge on any atom is 0.254 e. The van der Waals surface area contributed by atoms with E-state index in [4.69, 9.17) is 4.74 Å². The summed E-state index contributed by atoms with van der Waals surface area (Å²) in [5.74, 6) is -1.48. The second-order valence-corrected chi connectivity index (χ2v) is 4.94. The number of rotatable bonds is 2. The third-order valence-electron chi connectivity index (χ3n) is 4.13. The lowest BCUT2D eigenvalue weighted by molar-refractivity contribution is -0.0886. The van der Waals surface area contributed by atoms with Gasteiger partial charge in [-0.15, -0.1) is 0 Å². The lowest BCUT2D eigenvalue weighted by Crippen LogP contribution is -2.29. The van der Waals surface area contributed by atoms with Crippen molar-refractivity contribution in [1.29, 1.82) is 0 Å². The molecule has 3 heteroatoms. The van der Waals surface area contributed by atoms with E-state index in [1.807, 2.05) is 0 Å². The minimum atomic E-state index is -2.41. The molecule has 0 saturated heterocycles. The summed E-state index contributed by atoms with van der Waals surface area (Å²) in [6.07, 6.45) is 0.233. The minimum Gasteiger partial charge on any atom is -0.374 e. The van der Waals surface area contributed by atoms with Gasteiger partial charge in [-0.1, -0.05) is 13.8 Å². The topological polar surface area (TPSA) is 9.23 Å². The normalized spacial score (nSPS) is 60.9. The molecule has 0 N–H and O–H groups in total. The molecule has 0 aromatic carbocycles. The van der Waals surface area contributed by atoms with Crippen molar-refractivity contribution in [3.63, 3.8) is 0 Å². The van der Waals surface area contributed by atoms with Gasteiger partial charge in [-0.25, -0.2) is 8.78 Å². The van der Waals surface area contributed by atoms with Crippen LogP contribution in [0.1, 0.15) is 20.3 Å². The lowest BCUT2D eigenvalue weighted by atomic mass is 9.95. The minimum absolute atomic E-state index is 0.0673.